The monoisotopic (exact) mass is 451 g/mol. The van der Waals surface area contributed by atoms with E-state index in [1.54, 1.807) is 12.1 Å². The maximum absolute atomic E-state index is 14.1. The van der Waals surface area contributed by atoms with Crippen molar-refractivity contribution in [1.82, 2.24) is 0 Å². The van der Waals surface area contributed by atoms with E-state index in [2.05, 4.69) is 9.73 Å². The van der Waals surface area contributed by atoms with E-state index in [1.165, 1.54) is 30.3 Å². The number of halogens is 6. The third-order valence-electron chi connectivity index (χ3n) is 4.96. The molecule has 8 heteroatoms. The standard InChI is InChI=1S/C23H15ClF5NO/c24-17-12-20(30-22(17)21-18(25)2-1-3-19(21)26)15-6-4-13(5-7-15)14-8-10-16(11-9-14)31-23(27,28)29/h1-11,17,20H,12H2. The highest BCUT2D eigenvalue weighted by atomic mass is 35.5. The van der Waals surface area contributed by atoms with Crippen molar-refractivity contribution in [2.24, 2.45) is 4.99 Å². The molecule has 160 valence electrons. The average Bonchev–Trinajstić information content (AvgIpc) is 3.09. The van der Waals surface area contributed by atoms with E-state index in [9.17, 15) is 22.0 Å². The van der Waals surface area contributed by atoms with Gasteiger partial charge in [0.05, 0.1) is 22.7 Å². The maximum atomic E-state index is 14.1. The molecule has 0 bridgehead atoms. The molecule has 0 aromatic heterocycles. The Balaban J connectivity index is 1.54. The van der Waals surface area contributed by atoms with Gasteiger partial charge in [0, 0.05) is 0 Å². The zero-order valence-electron chi connectivity index (χ0n) is 15.8. The van der Waals surface area contributed by atoms with Crippen LogP contribution in [0, 0.1) is 11.6 Å². The number of nitrogens with zero attached hydrogens (tertiary/aromatic N) is 1. The smallest absolute Gasteiger partial charge is 0.406 e. The highest BCUT2D eigenvalue weighted by molar-refractivity contribution is 6.35. The molecule has 2 atom stereocenters. The van der Waals surface area contributed by atoms with Gasteiger partial charge in [-0.3, -0.25) is 4.99 Å². The molecule has 3 aromatic carbocycles. The summed E-state index contributed by atoms with van der Waals surface area (Å²) in [6, 6.07) is 16.0. The van der Waals surface area contributed by atoms with Gasteiger partial charge >= 0.3 is 6.36 Å². The summed E-state index contributed by atoms with van der Waals surface area (Å²) in [6.07, 6.45) is -4.34. The Morgan fingerprint density at radius 2 is 1.39 bits per heavy atom. The normalized spacial score (nSPS) is 18.7. The fourth-order valence-corrected chi connectivity index (χ4v) is 3.86. The van der Waals surface area contributed by atoms with Gasteiger partial charge in [0.1, 0.15) is 17.4 Å². The van der Waals surface area contributed by atoms with Gasteiger partial charge in [0.25, 0.3) is 0 Å². The Morgan fingerprint density at radius 1 is 0.839 bits per heavy atom. The van der Waals surface area contributed by atoms with Gasteiger partial charge in [0.15, 0.2) is 0 Å². The number of alkyl halides is 4. The van der Waals surface area contributed by atoms with Gasteiger partial charge < -0.3 is 4.74 Å². The minimum absolute atomic E-state index is 0.187. The molecule has 0 aliphatic carbocycles. The molecule has 0 N–H and O–H groups in total. The minimum atomic E-state index is -4.74. The van der Waals surface area contributed by atoms with E-state index in [1.807, 2.05) is 12.1 Å². The van der Waals surface area contributed by atoms with E-state index < -0.39 is 23.4 Å². The summed E-state index contributed by atoms with van der Waals surface area (Å²) in [6.45, 7) is 0. The summed E-state index contributed by atoms with van der Waals surface area (Å²) in [5.74, 6) is -1.72. The van der Waals surface area contributed by atoms with Crippen LogP contribution >= 0.6 is 11.6 Å². The van der Waals surface area contributed by atoms with Crippen LogP contribution in [0.15, 0.2) is 71.7 Å². The molecule has 1 aliphatic rings. The van der Waals surface area contributed by atoms with Crippen LogP contribution in [0.1, 0.15) is 23.6 Å². The highest BCUT2D eigenvalue weighted by Crippen LogP contribution is 2.36. The Kier molecular flexibility index (Phi) is 5.71. The zero-order chi connectivity index (χ0) is 22.2. The first-order valence-corrected chi connectivity index (χ1v) is 9.77. The molecule has 0 saturated carbocycles. The number of hydrogen-bond acceptors (Lipinski definition) is 2. The number of aliphatic imine (C=N–C) groups is 1. The second kappa shape index (κ2) is 8.30. The van der Waals surface area contributed by atoms with Crippen molar-refractivity contribution in [3.8, 4) is 16.9 Å². The average molecular weight is 452 g/mol. The molecule has 0 spiro atoms. The van der Waals surface area contributed by atoms with E-state index in [-0.39, 0.29) is 23.1 Å². The molecule has 0 saturated heterocycles. The van der Waals surface area contributed by atoms with Crippen LogP contribution in [0.5, 0.6) is 5.75 Å². The summed E-state index contributed by atoms with van der Waals surface area (Å²) in [7, 11) is 0. The van der Waals surface area contributed by atoms with Crippen LogP contribution in [-0.2, 0) is 0 Å². The van der Waals surface area contributed by atoms with Gasteiger partial charge in [-0.25, -0.2) is 8.78 Å². The largest absolute Gasteiger partial charge is 0.573 e. The molecule has 0 fully saturated rings. The second-order valence-corrected chi connectivity index (χ2v) is 7.55. The molecular formula is C23H15ClF5NO. The fraction of sp³-hybridized carbons (Fsp3) is 0.174. The highest BCUT2D eigenvalue weighted by Gasteiger charge is 2.32. The predicted molar refractivity (Wildman–Crippen MR) is 108 cm³/mol. The first kappa shape index (κ1) is 21.3. The molecule has 0 amide bonds. The summed E-state index contributed by atoms with van der Waals surface area (Å²) in [5, 5.41) is -0.628. The molecule has 0 radical (unpaired) electrons. The van der Waals surface area contributed by atoms with Crippen LogP contribution in [0.25, 0.3) is 11.1 Å². The summed E-state index contributed by atoms with van der Waals surface area (Å²) < 4.78 is 68.9. The van der Waals surface area contributed by atoms with Crippen LogP contribution in [0.3, 0.4) is 0 Å². The van der Waals surface area contributed by atoms with E-state index in [4.69, 9.17) is 11.6 Å². The van der Waals surface area contributed by atoms with Crippen molar-refractivity contribution in [3.63, 3.8) is 0 Å². The molecule has 1 heterocycles. The van der Waals surface area contributed by atoms with Gasteiger partial charge in [0.2, 0.25) is 0 Å². The summed E-state index contributed by atoms with van der Waals surface area (Å²) in [4.78, 5) is 4.46. The number of rotatable bonds is 4. The van der Waals surface area contributed by atoms with Gasteiger partial charge in [-0.15, -0.1) is 24.8 Å². The van der Waals surface area contributed by atoms with E-state index in [0.717, 1.165) is 23.3 Å². The van der Waals surface area contributed by atoms with Crippen molar-refractivity contribution in [2.75, 3.05) is 0 Å². The lowest BCUT2D eigenvalue weighted by Gasteiger charge is -2.11. The zero-order valence-corrected chi connectivity index (χ0v) is 16.6. The quantitative estimate of drug-likeness (QED) is 0.307. The van der Waals surface area contributed by atoms with Crippen molar-refractivity contribution in [3.05, 3.63) is 89.5 Å². The minimum Gasteiger partial charge on any atom is -0.406 e. The fourth-order valence-electron chi connectivity index (χ4n) is 3.53. The Bertz CT molecular complexity index is 1090. The van der Waals surface area contributed by atoms with Gasteiger partial charge in [-0.1, -0.05) is 42.5 Å². The van der Waals surface area contributed by atoms with Gasteiger partial charge in [-0.2, -0.15) is 0 Å². The summed E-state index contributed by atoms with van der Waals surface area (Å²) in [5.41, 5.74) is 2.29. The maximum Gasteiger partial charge on any atom is 0.573 e. The molecule has 31 heavy (non-hydrogen) atoms. The molecule has 4 rings (SSSR count). The molecule has 3 aromatic rings. The number of benzene rings is 3. The van der Waals surface area contributed by atoms with E-state index >= 15 is 0 Å². The van der Waals surface area contributed by atoms with Crippen molar-refractivity contribution in [2.45, 2.75) is 24.2 Å². The van der Waals surface area contributed by atoms with E-state index in [0.29, 0.717) is 12.0 Å². The number of ether oxygens (including phenoxy) is 1. The Morgan fingerprint density at radius 3 is 1.94 bits per heavy atom. The molecule has 1 aliphatic heterocycles. The summed E-state index contributed by atoms with van der Waals surface area (Å²) >= 11 is 6.33. The molecular weight excluding hydrogens is 437 g/mol. The van der Waals surface area contributed by atoms with Crippen LogP contribution in [0.2, 0.25) is 0 Å². The lowest BCUT2D eigenvalue weighted by atomic mass is 9.99. The Hall–Kier alpha value is -2.93. The molecule has 2 unspecified atom stereocenters. The van der Waals surface area contributed by atoms with Crippen molar-refractivity contribution >= 4 is 17.3 Å². The molecule has 2 nitrogen and oxygen atoms in total. The topological polar surface area (TPSA) is 21.6 Å². The number of hydrogen-bond donors (Lipinski definition) is 0. The lowest BCUT2D eigenvalue weighted by Crippen LogP contribution is -2.16. The lowest BCUT2D eigenvalue weighted by molar-refractivity contribution is -0.274. The third-order valence-corrected chi connectivity index (χ3v) is 5.34. The first-order chi connectivity index (χ1) is 14.7. The second-order valence-electron chi connectivity index (χ2n) is 7.02. The third kappa shape index (κ3) is 4.71. The van der Waals surface area contributed by atoms with Crippen LogP contribution in [-0.4, -0.2) is 17.5 Å². The first-order valence-electron chi connectivity index (χ1n) is 9.33. The predicted octanol–water partition coefficient (Wildman–Crippen LogP) is 7.07. The SMILES string of the molecule is Fc1cccc(F)c1C1=NC(c2ccc(-c3ccc(OC(F)(F)F)cc3)cc2)CC1Cl. The van der Waals surface area contributed by atoms with Crippen LogP contribution in [0.4, 0.5) is 22.0 Å². The van der Waals surface area contributed by atoms with Crippen molar-refractivity contribution in [1.29, 1.82) is 0 Å². The van der Waals surface area contributed by atoms with Gasteiger partial charge in [-0.05, 0) is 47.4 Å². The van der Waals surface area contributed by atoms with Crippen LogP contribution < -0.4 is 4.74 Å². The Labute approximate surface area is 180 Å². The van der Waals surface area contributed by atoms with Crippen molar-refractivity contribution < 1.29 is 26.7 Å².